The minimum absolute atomic E-state index is 0.161. The zero-order chi connectivity index (χ0) is 13.1. The number of hydrogen-bond acceptors (Lipinski definition) is 4. The molecule has 0 bridgehead atoms. The zero-order valence-electron chi connectivity index (χ0n) is 9.67. The van der Waals surface area contributed by atoms with Crippen LogP contribution in [-0.4, -0.2) is 31.3 Å². The number of carboxylic acid groups (broad SMARTS) is 1. The Morgan fingerprint density at radius 3 is 2.94 bits per heavy atom. The van der Waals surface area contributed by atoms with E-state index in [9.17, 15) is 9.90 Å². The molecule has 1 aromatic heterocycles. The molecule has 6 nitrogen and oxygen atoms in total. The number of tetrazole rings is 1. The van der Waals surface area contributed by atoms with Crippen LogP contribution >= 0.6 is 15.9 Å². The van der Waals surface area contributed by atoms with Gasteiger partial charge in [0.25, 0.3) is 0 Å². The summed E-state index contributed by atoms with van der Waals surface area (Å²) in [6.07, 6.45) is 1.57. The van der Waals surface area contributed by atoms with Crippen LogP contribution in [0.25, 0.3) is 5.69 Å². The van der Waals surface area contributed by atoms with Gasteiger partial charge in [-0.25, -0.2) is 4.79 Å². The molecule has 18 heavy (non-hydrogen) atoms. The fraction of sp³-hybridized carbons (Fsp3) is 0.273. The Balaban J connectivity index is 2.62. The normalized spacial score (nSPS) is 10.6. The molecule has 0 amide bonds. The van der Waals surface area contributed by atoms with Gasteiger partial charge in [-0.1, -0.05) is 13.0 Å². The smallest absolute Gasteiger partial charge is 0.337 e. The minimum Gasteiger partial charge on any atom is -0.478 e. The fourth-order valence-corrected chi connectivity index (χ4v) is 2.20. The SMILES string of the molecule is CCCc1nnnn1-c1c(Br)cccc1C(=O)O. The molecule has 1 aromatic carbocycles. The Kier molecular flexibility index (Phi) is 3.71. The molecule has 94 valence electrons. The highest BCUT2D eigenvalue weighted by molar-refractivity contribution is 9.10. The Morgan fingerprint density at radius 2 is 2.28 bits per heavy atom. The maximum atomic E-state index is 11.2. The van der Waals surface area contributed by atoms with Crippen molar-refractivity contribution in [2.45, 2.75) is 19.8 Å². The van der Waals surface area contributed by atoms with Crippen LogP contribution in [0.1, 0.15) is 29.5 Å². The van der Waals surface area contributed by atoms with Gasteiger partial charge in [-0.3, -0.25) is 0 Å². The van der Waals surface area contributed by atoms with Crippen LogP contribution in [0.5, 0.6) is 0 Å². The van der Waals surface area contributed by atoms with Crippen LogP contribution < -0.4 is 0 Å². The minimum atomic E-state index is -1.01. The summed E-state index contributed by atoms with van der Waals surface area (Å²) in [7, 11) is 0. The highest BCUT2D eigenvalue weighted by Crippen LogP contribution is 2.25. The lowest BCUT2D eigenvalue weighted by Crippen LogP contribution is -2.10. The van der Waals surface area contributed by atoms with Crippen LogP contribution in [0.2, 0.25) is 0 Å². The van der Waals surface area contributed by atoms with Crippen molar-refractivity contribution in [2.24, 2.45) is 0 Å². The summed E-state index contributed by atoms with van der Waals surface area (Å²) < 4.78 is 2.11. The van der Waals surface area contributed by atoms with E-state index in [0.29, 0.717) is 22.4 Å². The van der Waals surface area contributed by atoms with Gasteiger partial charge in [0.2, 0.25) is 0 Å². The lowest BCUT2D eigenvalue weighted by molar-refractivity contribution is 0.0696. The van der Waals surface area contributed by atoms with Crippen molar-refractivity contribution in [1.29, 1.82) is 0 Å². The third kappa shape index (κ3) is 2.26. The van der Waals surface area contributed by atoms with Crippen molar-refractivity contribution in [3.8, 4) is 5.69 Å². The van der Waals surface area contributed by atoms with Crippen LogP contribution in [0.4, 0.5) is 0 Å². The van der Waals surface area contributed by atoms with E-state index in [1.165, 1.54) is 10.7 Å². The maximum Gasteiger partial charge on any atom is 0.337 e. The molecular formula is C11H11BrN4O2. The average molecular weight is 311 g/mol. The first-order valence-electron chi connectivity index (χ1n) is 5.44. The van der Waals surface area contributed by atoms with Crippen LogP contribution in [-0.2, 0) is 6.42 Å². The van der Waals surface area contributed by atoms with Gasteiger partial charge in [-0.2, -0.15) is 4.68 Å². The molecule has 1 heterocycles. The largest absolute Gasteiger partial charge is 0.478 e. The summed E-state index contributed by atoms with van der Waals surface area (Å²) in [5.74, 6) is -0.365. The summed E-state index contributed by atoms with van der Waals surface area (Å²) in [5.41, 5.74) is 0.618. The summed E-state index contributed by atoms with van der Waals surface area (Å²) in [6.45, 7) is 2.01. The number of aryl methyl sites for hydroxylation is 1. The summed E-state index contributed by atoms with van der Waals surface area (Å²) in [6, 6.07) is 4.96. The molecule has 0 saturated heterocycles. The van der Waals surface area contributed by atoms with E-state index < -0.39 is 5.97 Å². The number of carboxylic acids is 1. The van der Waals surface area contributed by atoms with Crippen molar-refractivity contribution >= 4 is 21.9 Å². The number of carbonyl (C=O) groups is 1. The van der Waals surface area contributed by atoms with E-state index in [0.717, 1.165) is 6.42 Å². The predicted molar refractivity (Wildman–Crippen MR) is 67.8 cm³/mol. The van der Waals surface area contributed by atoms with Crippen molar-refractivity contribution in [3.63, 3.8) is 0 Å². The molecule has 0 radical (unpaired) electrons. The molecule has 0 aliphatic carbocycles. The van der Waals surface area contributed by atoms with Gasteiger partial charge in [0, 0.05) is 10.9 Å². The molecule has 0 saturated carbocycles. The number of benzene rings is 1. The molecule has 7 heteroatoms. The molecule has 1 N–H and O–H groups in total. The lowest BCUT2D eigenvalue weighted by atomic mass is 10.2. The van der Waals surface area contributed by atoms with Gasteiger partial charge in [0.15, 0.2) is 5.82 Å². The number of nitrogens with zero attached hydrogens (tertiary/aromatic N) is 4. The first-order chi connectivity index (χ1) is 8.65. The van der Waals surface area contributed by atoms with Crippen LogP contribution in [0.3, 0.4) is 0 Å². The first-order valence-corrected chi connectivity index (χ1v) is 6.24. The molecular weight excluding hydrogens is 300 g/mol. The first kappa shape index (κ1) is 12.7. The van der Waals surface area contributed by atoms with Crippen LogP contribution in [0, 0.1) is 0 Å². The fourth-order valence-electron chi connectivity index (χ4n) is 1.66. The second kappa shape index (κ2) is 5.26. The van der Waals surface area contributed by atoms with Gasteiger partial charge in [-0.05, 0) is 44.9 Å². The number of halogens is 1. The predicted octanol–water partition coefficient (Wildman–Crippen LogP) is 2.08. The topological polar surface area (TPSA) is 80.9 Å². The second-order valence-corrected chi connectivity index (χ2v) is 4.55. The molecule has 0 fully saturated rings. The van der Waals surface area contributed by atoms with Gasteiger partial charge < -0.3 is 5.11 Å². The van der Waals surface area contributed by atoms with Crippen molar-refractivity contribution in [1.82, 2.24) is 20.2 Å². The number of aromatic carboxylic acids is 1. The Morgan fingerprint density at radius 1 is 1.50 bits per heavy atom. The zero-order valence-corrected chi connectivity index (χ0v) is 11.3. The van der Waals surface area contributed by atoms with Crippen LogP contribution in [0.15, 0.2) is 22.7 Å². The Labute approximate surface area is 112 Å². The molecule has 0 atom stereocenters. The molecule has 0 spiro atoms. The monoisotopic (exact) mass is 310 g/mol. The van der Waals surface area contributed by atoms with Gasteiger partial charge in [-0.15, -0.1) is 5.10 Å². The summed E-state index contributed by atoms with van der Waals surface area (Å²) in [4.78, 5) is 11.2. The number of hydrogen-bond donors (Lipinski definition) is 1. The Bertz CT molecular complexity index is 582. The van der Waals surface area contributed by atoms with Gasteiger partial charge >= 0.3 is 5.97 Å². The number of aromatic nitrogens is 4. The van der Waals surface area contributed by atoms with E-state index in [4.69, 9.17) is 0 Å². The number of para-hydroxylation sites is 1. The second-order valence-electron chi connectivity index (χ2n) is 3.70. The van der Waals surface area contributed by atoms with Crippen molar-refractivity contribution in [3.05, 3.63) is 34.1 Å². The molecule has 2 aromatic rings. The Hall–Kier alpha value is -1.76. The van der Waals surface area contributed by atoms with Crippen molar-refractivity contribution in [2.75, 3.05) is 0 Å². The quantitative estimate of drug-likeness (QED) is 0.935. The molecule has 2 rings (SSSR count). The van der Waals surface area contributed by atoms with Gasteiger partial charge in [0.1, 0.15) is 0 Å². The lowest BCUT2D eigenvalue weighted by Gasteiger charge is -2.09. The molecule has 0 aliphatic heterocycles. The number of rotatable bonds is 4. The third-order valence-corrected chi connectivity index (χ3v) is 3.08. The molecule has 0 unspecified atom stereocenters. The van der Waals surface area contributed by atoms with Gasteiger partial charge in [0.05, 0.1) is 11.3 Å². The van der Waals surface area contributed by atoms with E-state index in [-0.39, 0.29) is 5.56 Å². The highest BCUT2D eigenvalue weighted by atomic mass is 79.9. The standard InChI is InChI=1S/C11H11BrN4O2/c1-2-4-9-13-14-15-16(9)10-7(11(17)18)5-3-6-8(10)12/h3,5-6H,2,4H2,1H3,(H,17,18). The van der Waals surface area contributed by atoms with E-state index in [1.807, 2.05) is 6.92 Å². The summed E-state index contributed by atoms with van der Waals surface area (Å²) >= 11 is 3.34. The maximum absolute atomic E-state index is 11.2. The van der Waals surface area contributed by atoms with E-state index in [2.05, 4.69) is 31.5 Å². The van der Waals surface area contributed by atoms with Crippen molar-refractivity contribution < 1.29 is 9.90 Å². The third-order valence-electron chi connectivity index (χ3n) is 2.44. The average Bonchev–Trinajstić information content (AvgIpc) is 2.77. The molecule has 0 aliphatic rings. The highest BCUT2D eigenvalue weighted by Gasteiger charge is 2.18. The van der Waals surface area contributed by atoms with E-state index >= 15 is 0 Å². The van der Waals surface area contributed by atoms with E-state index in [1.54, 1.807) is 12.1 Å². The summed E-state index contributed by atoms with van der Waals surface area (Å²) in [5, 5.41) is 20.6.